The molecule has 0 aliphatic heterocycles. The number of esters is 1. The maximum absolute atomic E-state index is 11.3. The van der Waals surface area contributed by atoms with E-state index in [2.05, 4.69) is 14.7 Å². The summed E-state index contributed by atoms with van der Waals surface area (Å²) >= 11 is 0. The van der Waals surface area contributed by atoms with E-state index in [4.69, 9.17) is 0 Å². The Hall–Kier alpha value is -2.17. The van der Waals surface area contributed by atoms with Gasteiger partial charge in [-0.05, 0) is 13.0 Å². The maximum atomic E-state index is 11.3. The second-order valence-electron chi connectivity index (χ2n) is 3.37. The van der Waals surface area contributed by atoms with Crippen LogP contribution in [0.15, 0.2) is 18.5 Å². The van der Waals surface area contributed by atoms with Crippen LogP contribution in [0.3, 0.4) is 0 Å². The molecule has 0 aromatic carbocycles. The van der Waals surface area contributed by atoms with Crippen LogP contribution in [0.5, 0.6) is 0 Å². The number of nitrogens with one attached hydrogen (secondary N) is 1. The molecular formula is C11H10N2O3. The topological polar surface area (TPSA) is 72.0 Å². The fourth-order valence-corrected chi connectivity index (χ4v) is 1.52. The minimum Gasteiger partial charge on any atom is -0.465 e. The van der Waals surface area contributed by atoms with Gasteiger partial charge in [0.15, 0.2) is 5.78 Å². The first kappa shape index (κ1) is 10.4. The van der Waals surface area contributed by atoms with E-state index in [1.807, 2.05) is 0 Å². The smallest absolute Gasteiger partial charge is 0.339 e. The number of ketones is 1. The molecule has 2 aromatic heterocycles. The van der Waals surface area contributed by atoms with Crippen molar-refractivity contribution in [1.29, 1.82) is 0 Å². The summed E-state index contributed by atoms with van der Waals surface area (Å²) < 4.78 is 4.59. The second-order valence-corrected chi connectivity index (χ2v) is 3.37. The van der Waals surface area contributed by atoms with Gasteiger partial charge in [0.1, 0.15) is 5.65 Å². The van der Waals surface area contributed by atoms with Crippen LogP contribution in [-0.4, -0.2) is 28.8 Å². The molecule has 0 unspecified atom stereocenters. The molecule has 2 aromatic rings. The molecular weight excluding hydrogens is 208 g/mol. The Morgan fingerprint density at radius 1 is 1.44 bits per heavy atom. The van der Waals surface area contributed by atoms with Crippen LogP contribution in [-0.2, 0) is 4.74 Å². The van der Waals surface area contributed by atoms with Gasteiger partial charge in [0.25, 0.3) is 0 Å². The first-order valence-corrected chi connectivity index (χ1v) is 4.70. The van der Waals surface area contributed by atoms with Crippen molar-refractivity contribution in [1.82, 2.24) is 9.97 Å². The summed E-state index contributed by atoms with van der Waals surface area (Å²) in [6.45, 7) is 1.47. The van der Waals surface area contributed by atoms with E-state index in [0.717, 1.165) is 0 Å². The monoisotopic (exact) mass is 218 g/mol. The number of H-pyrrole nitrogens is 1. The van der Waals surface area contributed by atoms with E-state index in [-0.39, 0.29) is 5.78 Å². The van der Waals surface area contributed by atoms with Crippen molar-refractivity contribution in [3.8, 4) is 0 Å². The lowest BCUT2D eigenvalue weighted by atomic mass is 10.1. The Morgan fingerprint density at radius 3 is 2.81 bits per heavy atom. The molecule has 0 aliphatic rings. The third-order valence-electron chi connectivity index (χ3n) is 2.33. The van der Waals surface area contributed by atoms with Crippen LogP contribution in [0.2, 0.25) is 0 Å². The molecule has 0 bridgehead atoms. The first-order chi connectivity index (χ1) is 7.63. The summed E-state index contributed by atoms with van der Waals surface area (Å²) in [7, 11) is 1.30. The van der Waals surface area contributed by atoms with Crippen LogP contribution in [0.25, 0.3) is 11.0 Å². The molecule has 5 nitrogen and oxygen atoms in total. The Balaban J connectivity index is 2.63. The number of fused-ring (bicyclic) bond motifs is 1. The SMILES string of the molecule is COC(=O)c1cnc2[nH]cc(C(C)=O)c2c1. The highest BCUT2D eigenvalue weighted by molar-refractivity contribution is 6.07. The average molecular weight is 218 g/mol. The summed E-state index contributed by atoms with van der Waals surface area (Å²) in [5.41, 5.74) is 1.43. The van der Waals surface area contributed by atoms with Crippen molar-refractivity contribution in [3.63, 3.8) is 0 Å². The van der Waals surface area contributed by atoms with Crippen molar-refractivity contribution >= 4 is 22.8 Å². The minimum absolute atomic E-state index is 0.0740. The lowest BCUT2D eigenvalue weighted by Gasteiger charge is -1.99. The second kappa shape index (κ2) is 3.77. The van der Waals surface area contributed by atoms with E-state index in [0.29, 0.717) is 22.2 Å². The first-order valence-electron chi connectivity index (χ1n) is 4.70. The maximum Gasteiger partial charge on any atom is 0.339 e. The molecule has 0 fully saturated rings. The summed E-state index contributed by atoms with van der Waals surface area (Å²) in [6.07, 6.45) is 3.00. The number of hydrogen-bond donors (Lipinski definition) is 1. The highest BCUT2D eigenvalue weighted by Crippen LogP contribution is 2.18. The van der Waals surface area contributed by atoms with Gasteiger partial charge in [0.05, 0.1) is 12.7 Å². The summed E-state index contributed by atoms with van der Waals surface area (Å²) in [4.78, 5) is 29.5. The van der Waals surface area contributed by atoms with E-state index >= 15 is 0 Å². The summed E-state index contributed by atoms with van der Waals surface area (Å²) in [5, 5.41) is 0.635. The Labute approximate surface area is 91.4 Å². The zero-order chi connectivity index (χ0) is 11.7. The number of carbonyl (C=O) groups excluding carboxylic acids is 2. The predicted octanol–water partition coefficient (Wildman–Crippen LogP) is 1.55. The number of hydrogen-bond acceptors (Lipinski definition) is 4. The van der Waals surface area contributed by atoms with Gasteiger partial charge in [-0.15, -0.1) is 0 Å². The zero-order valence-corrected chi connectivity index (χ0v) is 8.90. The number of ether oxygens (including phenoxy) is 1. The van der Waals surface area contributed by atoms with Crippen LogP contribution in [0.4, 0.5) is 0 Å². The number of aromatic amines is 1. The molecule has 0 amide bonds. The molecule has 16 heavy (non-hydrogen) atoms. The standard InChI is InChI=1S/C11H10N2O3/c1-6(14)9-5-13-10-8(9)3-7(4-12-10)11(15)16-2/h3-5H,1-2H3,(H,12,13). The molecule has 0 radical (unpaired) electrons. The van der Waals surface area contributed by atoms with Crippen molar-refractivity contribution in [2.75, 3.05) is 7.11 Å². The summed E-state index contributed by atoms with van der Waals surface area (Å²) in [5.74, 6) is -0.542. The largest absolute Gasteiger partial charge is 0.465 e. The van der Waals surface area contributed by atoms with E-state index < -0.39 is 5.97 Å². The molecule has 0 atom stereocenters. The third kappa shape index (κ3) is 1.56. The predicted molar refractivity (Wildman–Crippen MR) is 57.4 cm³/mol. The van der Waals surface area contributed by atoms with Crippen molar-refractivity contribution in [2.24, 2.45) is 0 Å². The molecule has 2 rings (SSSR count). The van der Waals surface area contributed by atoms with Gasteiger partial charge >= 0.3 is 5.97 Å². The Kier molecular flexibility index (Phi) is 2.44. The van der Waals surface area contributed by atoms with Crippen molar-refractivity contribution in [2.45, 2.75) is 6.92 Å². The zero-order valence-electron chi connectivity index (χ0n) is 8.90. The number of rotatable bonds is 2. The molecule has 0 aliphatic carbocycles. The van der Waals surface area contributed by atoms with Crippen LogP contribution < -0.4 is 0 Å². The fourth-order valence-electron chi connectivity index (χ4n) is 1.52. The molecule has 0 saturated heterocycles. The summed E-state index contributed by atoms with van der Waals surface area (Å²) in [6, 6.07) is 1.60. The van der Waals surface area contributed by atoms with E-state index in [1.54, 1.807) is 12.3 Å². The highest BCUT2D eigenvalue weighted by atomic mass is 16.5. The normalized spacial score (nSPS) is 10.4. The van der Waals surface area contributed by atoms with Gasteiger partial charge in [0.2, 0.25) is 0 Å². The van der Waals surface area contributed by atoms with Crippen LogP contribution in [0.1, 0.15) is 27.6 Å². The molecule has 0 spiro atoms. The average Bonchev–Trinajstić information content (AvgIpc) is 2.70. The van der Waals surface area contributed by atoms with E-state index in [1.165, 1.54) is 20.2 Å². The van der Waals surface area contributed by atoms with Gasteiger partial charge in [0, 0.05) is 23.3 Å². The number of carbonyl (C=O) groups is 2. The number of aromatic nitrogens is 2. The fraction of sp³-hybridized carbons (Fsp3) is 0.182. The number of pyridine rings is 1. The number of Topliss-reactive ketones (excluding diaryl/α,β-unsaturated/α-hetero) is 1. The molecule has 2 heterocycles. The van der Waals surface area contributed by atoms with Gasteiger partial charge < -0.3 is 9.72 Å². The third-order valence-corrected chi connectivity index (χ3v) is 2.33. The van der Waals surface area contributed by atoms with Gasteiger partial charge in [-0.1, -0.05) is 0 Å². The lowest BCUT2D eigenvalue weighted by molar-refractivity contribution is 0.0600. The molecule has 82 valence electrons. The van der Waals surface area contributed by atoms with Gasteiger partial charge in [-0.25, -0.2) is 9.78 Å². The van der Waals surface area contributed by atoms with Gasteiger partial charge in [-0.2, -0.15) is 0 Å². The number of nitrogens with zero attached hydrogens (tertiary/aromatic N) is 1. The highest BCUT2D eigenvalue weighted by Gasteiger charge is 2.12. The minimum atomic E-state index is -0.467. The molecule has 1 N–H and O–H groups in total. The van der Waals surface area contributed by atoms with E-state index in [9.17, 15) is 9.59 Å². The van der Waals surface area contributed by atoms with Gasteiger partial charge in [-0.3, -0.25) is 4.79 Å². The van der Waals surface area contributed by atoms with Crippen molar-refractivity contribution in [3.05, 3.63) is 29.6 Å². The quantitative estimate of drug-likeness (QED) is 0.613. The molecule has 5 heteroatoms. The van der Waals surface area contributed by atoms with Crippen LogP contribution >= 0.6 is 0 Å². The Bertz CT molecular complexity index is 572. The number of methoxy groups -OCH3 is 1. The lowest BCUT2D eigenvalue weighted by Crippen LogP contribution is -2.02. The Morgan fingerprint density at radius 2 is 2.19 bits per heavy atom. The molecule has 0 saturated carbocycles. The van der Waals surface area contributed by atoms with Crippen LogP contribution in [0, 0.1) is 0 Å². The van der Waals surface area contributed by atoms with Crippen molar-refractivity contribution < 1.29 is 14.3 Å².